The molecule has 6 heteroatoms. The van der Waals surface area contributed by atoms with Crippen molar-refractivity contribution >= 4 is 21.7 Å². The van der Waals surface area contributed by atoms with Gasteiger partial charge in [0.2, 0.25) is 0 Å². The van der Waals surface area contributed by atoms with Crippen molar-refractivity contribution in [1.82, 2.24) is 9.97 Å². The molecule has 1 aliphatic rings. The Labute approximate surface area is 129 Å². The van der Waals surface area contributed by atoms with Crippen molar-refractivity contribution in [2.45, 2.75) is 31.6 Å². The number of hydrogen-bond acceptors (Lipinski definition) is 3. The van der Waals surface area contributed by atoms with Crippen molar-refractivity contribution in [1.29, 1.82) is 0 Å². The Hall–Kier alpha value is -1.56. The van der Waals surface area contributed by atoms with Crippen LogP contribution in [0.4, 0.5) is 14.6 Å². The quantitative estimate of drug-likeness (QED) is 0.868. The minimum atomic E-state index is -0.655. The second-order valence-corrected chi connectivity index (χ2v) is 6.06. The molecule has 1 saturated carbocycles. The van der Waals surface area contributed by atoms with Gasteiger partial charge in [0.05, 0.1) is 10.2 Å². The third kappa shape index (κ3) is 2.90. The van der Waals surface area contributed by atoms with E-state index in [0.29, 0.717) is 21.8 Å². The molecule has 0 unspecified atom stereocenters. The highest BCUT2D eigenvalue weighted by Gasteiger charge is 2.23. The van der Waals surface area contributed by atoms with Gasteiger partial charge in [-0.3, -0.25) is 0 Å². The average molecular weight is 354 g/mol. The van der Waals surface area contributed by atoms with Crippen LogP contribution in [0.15, 0.2) is 22.7 Å². The Bertz CT molecular complexity index is 665. The second kappa shape index (κ2) is 5.67. The summed E-state index contributed by atoms with van der Waals surface area (Å²) in [6, 6.07) is 3.25. The molecule has 21 heavy (non-hydrogen) atoms. The lowest BCUT2D eigenvalue weighted by molar-refractivity contribution is 0.584. The standard InChI is InChI=1S/C15H14BrF2N3/c16-12-13(8-3-1-2-4-8)20-15(21-14(12)19)9-5-10(17)7-11(18)6-9/h5-8H,1-4H2,(H2,19,20,21). The van der Waals surface area contributed by atoms with Gasteiger partial charge < -0.3 is 5.73 Å². The van der Waals surface area contributed by atoms with Crippen LogP contribution in [0, 0.1) is 11.6 Å². The first-order valence-corrected chi connectivity index (χ1v) is 7.63. The van der Waals surface area contributed by atoms with Gasteiger partial charge in [-0.25, -0.2) is 18.7 Å². The monoisotopic (exact) mass is 353 g/mol. The summed E-state index contributed by atoms with van der Waals surface area (Å²) in [6.45, 7) is 0. The highest BCUT2D eigenvalue weighted by molar-refractivity contribution is 9.10. The second-order valence-electron chi connectivity index (χ2n) is 5.27. The number of nitrogen functional groups attached to an aromatic ring is 1. The van der Waals surface area contributed by atoms with E-state index in [1.54, 1.807) is 0 Å². The van der Waals surface area contributed by atoms with E-state index in [0.717, 1.165) is 37.4 Å². The maximum absolute atomic E-state index is 13.4. The summed E-state index contributed by atoms with van der Waals surface area (Å²) in [7, 11) is 0. The van der Waals surface area contributed by atoms with Crippen LogP contribution in [-0.4, -0.2) is 9.97 Å². The fraction of sp³-hybridized carbons (Fsp3) is 0.333. The van der Waals surface area contributed by atoms with Crippen LogP contribution >= 0.6 is 15.9 Å². The Morgan fingerprint density at radius 3 is 2.29 bits per heavy atom. The van der Waals surface area contributed by atoms with E-state index >= 15 is 0 Å². The molecule has 0 bridgehead atoms. The third-order valence-corrected chi connectivity index (χ3v) is 4.58. The van der Waals surface area contributed by atoms with Gasteiger partial charge in [0.1, 0.15) is 17.5 Å². The molecule has 2 aromatic rings. The lowest BCUT2D eigenvalue weighted by Crippen LogP contribution is -2.06. The smallest absolute Gasteiger partial charge is 0.162 e. The molecule has 2 N–H and O–H groups in total. The summed E-state index contributed by atoms with van der Waals surface area (Å²) in [5, 5.41) is 0. The van der Waals surface area contributed by atoms with Crippen molar-refractivity contribution in [2.24, 2.45) is 0 Å². The number of hydrogen-bond donors (Lipinski definition) is 1. The normalized spacial score (nSPS) is 15.6. The number of anilines is 1. The van der Waals surface area contributed by atoms with Crippen LogP contribution in [0.5, 0.6) is 0 Å². The summed E-state index contributed by atoms with van der Waals surface area (Å²) < 4.78 is 27.4. The number of nitrogens with two attached hydrogens (primary N) is 1. The predicted molar refractivity (Wildman–Crippen MR) is 80.7 cm³/mol. The first kappa shape index (κ1) is 14.4. The van der Waals surface area contributed by atoms with Crippen LogP contribution in [0.2, 0.25) is 0 Å². The summed E-state index contributed by atoms with van der Waals surface area (Å²) in [5.74, 6) is -0.431. The number of benzene rings is 1. The van der Waals surface area contributed by atoms with Gasteiger partial charge in [0.15, 0.2) is 5.82 Å². The van der Waals surface area contributed by atoms with Gasteiger partial charge in [-0.1, -0.05) is 12.8 Å². The molecule has 0 atom stereocenters. The number of aromatic nitrogens is 2. The molecule has 1 heterocycles. The lowest BCUT2D eigenvalue weighted by atomic mass is 10.0. The first-order chi connectivity index (χ1) is 10.0. The minimum absolute atomic E-state index is 0.260. The lowest BCUT2D eigenvalue weighted by Gasteiger charge is -2.14. The predicted octanol–water partition coefficient (Wildman–Crippen LogP) is 4.42. The van der Waals surface area contributed by atoms with E-state index in [2.05, 4.69) is 25.9 Å². The van der Waals surface area contributed by atoms with E-state index in [9.17, 15) is 8.78 Å². The molecule has 1 fully saturated rings. The molecule has 1 aromatic heterocycles. The SMILES string of the molecule is Nc1nc(-c2cc(F)cc(F)c2)nc(C2CCCC2)c1Br. The summed E-state index contributed by atoms with van der Waals surface area (Å²) in [5.41, 5.74) is 7.05. The number of halogens is 3. The molecule has 0 radical (unpaired) electrons. The van der Waals surface area contributed by atoms with E-state index < -0.39 is 11.6 Å². The van der Waals surface area contributed by atoms with Gasteiger partial charge in [-0.05, 0) is 40.9 Å². The maximum atomic E-state index is 13.4. The van der Waals surface area contributed by atoms with Gasteiger partial charge in [0.25, 0.3) is 0 Å². The first-order valence-electron chi connectivity index (χ1n) is 6.84. The van der Waals surface area contributed by atoms with Crippen molar-refractivity contribution in [3.63, 3.8) is 0 Å². The minimum Gasteiger partial charge on any atom is -0.383 e. The van der Waals surface area contributed by atoms with Crippen molar-refractivity contribution < 1.29 is 8.78 Å². The molecule has 0 saturated heterocycles. The molecule has 3 rings (SSSR count). The van der Waals surface area contributed by atoms with E-state index in [-0.39, 0.29) is 5.82 Å². The molecule has 1 aliphatic carbocycles. The molecule has 0 amide bonds. The topological polar surface area (TPSA) is 51.8 Å². The fourth-order valence-corrected chi connectivity index (χ4v) is 3.27. The largest absolute Gasteiger partial charge is 0.383 e. The van der Waals surface area contributed by atoms with Crippen molar-refractivity contribution in [3.8, 4) is 11.4 Å². The Balaban J connectivity index is 2.10. The molecule has 0 aliphatic heterocycles. The Morgan fingerprint density at radius 1 is 1.05 bits per heavy atom. The Kier molecular flexibility index (Phi) is 3.89. The van der Waals surface area contributed by atoms with Crippen LogP contribution in [-0.2, 0) is 0 Å². The number of nitrogens with zero attached hydrogens (tertiary/aromatic N) is 2. The molecule has 1 aromatic carbocycles. The highest BCUT2D eigenvalue weighted by atomic mass is 79.9. The van der Waals surface area contributed by atoms with E-state index in [1.165, 1.54) is 12.1 Å². The molecule has 0 spiro atoms. The fourth-order valence-electron chi connectivity index (χ4n) is 2.76. The zero-order valence-corrected chi connectivity index (χ0v) is 12.8. The molecule has 3 nitrogen and oxygen atoms in total. The summed E-state index contributed by atoms with van der Waals surface area (Å²) in [6.07, 6.45) is 4.41. The van der Waals surface area contributed by atoms with Gasteiger partial charge in [-0.2, -0.15) is 0 Å². The van der Waals surface area contributed by atoms with Gasteiger partial charge in [0, 0.05) is 17.5 Å². The zero-order chi connectivity index (χ0) is 15.0. The van der Waals surface area contributed by atoms with Gasteiger partial charge >= 0.3 is 0 Å². The van der Waals surface area contributed by atoms with Crippen LogP contribution in [0.25, 0.3) is 11.4 Å². The molecule has 110 valence electrons. The van der Waals surface area contributed by atoms with Crippen LogP contribution in [0.1, 0.15) is 37.3 Å². The van der Waals surface area contributed by atoms with E-state index in [4.69, 9.17) is 5.73 Å². The van der Waals surface area contributed by atoms with E-state index in [1.807, 2.05) is 0 Å². The molecular weight excluding hydrogens is 340 g/mol. The third-order valence-electron chi connectivity index (χ3n) is 3.77. The maximum Gasteiger partial charge on any atom is 0.162 e. The van der Waals surface area contributed by atoms with Gasteiger partial charge in [-0.15, -0.1) is 0 Å². The van der Waals surface area contributed by atoms with Crippen LogP contribution < -0.4 is 5.73 Å². The van der Waals surface area contributed by atoms with Crippen molar-refractivity contribution in [2.75, 3.05) is 5.73 Å². The molecular formula is C15H14BrF2N3. The summed E-state index contributed by atoms with van der Waals surface area (Å²) in [4.78, 5) is 8.64. The Morgan fingerprint density at radius 2 is 1.67 bits per heavy atom. The number of rotatable bonds is 2. The zero-order valence-electron chi connectivity index (χ0n) is 11.2. The summed E-state index contributed by atoms with van der Waals surface area (Å²) >= 11 is 3.43. The van der Waals surface area contributed by atoms with Crippen molar-refractivity contribution in [3.05, 3.63) is 40.0 Å². The highest BCUT2D eigenvalue weighted by Crippen LogP contribution is 2.39. The van der Waals surface area contributed by atoms with Crippen LogP contribution in [0.3, 0.4) is 0 Å². The average Bonchev–Trinajstić information content (AvgIpc) is 2.94.